The first-order valence-electron chi connectivity index (χ1n) is 5.55. The van der Waals surface area contributed by atoms with Crippen molar-refractivity contribution >= 4 is 10.0 Å². The molecule has 0 amide bonds. The van der Waals surface area contributed by atoms with Gasteiger partial charge in [0.05, 0.1) is 18.4 Å². The Morgan fingerprint density at radius 3 is 2.78 bits per heavy atom. The van der Waals surface area contributed by atoms with Gasteiger partial charge in [0, 0.05) is 12.6 Å². The van der Waals surface area contributed by atoms with E-state index >= 15 is 0 Å². The third kappa shape index (κ3) is 2.93. The number of aromatic nitrogens is 3. The van der Waals surface area contributed by atoms with Gasteiger partial charge in [0.1, 0.15) is 5.82 Å². The van der Waals surface area contributed by atoms with Crippen LogP contribution in [0.3, 0.4) is 0 Å². The van der Waals surface area contributed by atoms with Crippen molar-refractivity contribution < 1.29 is 8.42 Å². The Morgan fingerprint density at radius 2 is 2.17 bits per heavy atom. The number of imidazole rings is 1. The molecule has 2 aromatic rings. The highest BCUT2D eigenvalue weighted by atomic mass is 32.2. The number of hydrogen-bond donors (Lipinski definition) is 2. The average molecular weight is 266 g/mol. The van der Waals surface area contributed by atoms with Crippen LogP contribution in [0.2, 0.25) is 0 Å². The van der Waals surface area contributed by atoms with Crippen molar-refractivity contribution in [3.05, 3.63) is 42.1 Å². The van der Waals surface area contributed by atoms with Crippen LogP contribution in [-0.2, 0) is 23.0 Å². The van der Waals surface area contributed by atoms with Gasteiger partial charge in [-0.1, -0.05) is 13.0 Å². The van der Waals surface area contributed by atoms with Gasteiger partial charge in [-0.25, -0.2) is 18.1 Å². The number of nitrogens with one attached hydrogen (secondary N) is 2. The van der Waals surface area contributed by atoms with E-state index in [1.807, 2.05) is 13.0 Å². The first-order chi connectivity index (χ1) is 8.62. The lowest BCUT2D eigenvalue weighted by atomic mass is 10.4. The number of rotatable bonds is 5. The molecule has 0 atom stereocenters. The monoisotopic (exact) mass is 266 g/mol. The molecule has 0 aliphatic heterocycles. The second-order valence-corrected chi connectivity index (χ2v) is 5.43. The molecule has 0 radical (unpaired) electrons. The first-order valence-corrected chi connectivity index (χ1v) is 7.03. The lowest BCUT2D eigenvalue weighted by molar-refractivity contribution is 0.577. The SMILES string of the molecule is CCc1ncc(S(=O)(=O)NCc2ccccn2)[nH]1. The molecule has 6 nitrogen and oxygen atoms in total. The summed E-state index contributed by atoms with van der Waals surface area (Å²) in [5.74, 6) is 0.646. The minimum absolute atomic E-state index is 0.0790. The maximum atomic E-state index is 11.9. The van der Waals surface area contributed by atoms with Gasteiger partial charge in [-0.15, -0.1) is 0 Å². The van der Waals surface area contributed by atoms with E-state index in [4.69, 9.17) is 0 Å². The van der Waals surface area contributed by atoms with E-state index in [1.165, 1.54) is 6.20 Å². The number of aryl methyl sites for hydroxylation is 1. The molecule has 18 heavy (non-hydrogen) atoms. The molecule has 2 rings (SSSR count). The Labute approximate surface area is 106 Å². The van der Waals surface area contributed by atoms with E-state index in [-0.39, 0.29) is 11.6 Å². The zero-order chi connectivity index (χ0) is 13.0. The van der Waals surface area contributed by atoms with Crippen molar-refractivity contribution in [1.29, 1.82) is 0 Å². The molecule has 0 bridgehead atoms. The summed E-state index contributed by atoms with van der Waals surface area (Å²) in [5, 5.41) is 0.0790. The van der Waals surface area contributed by atoms with Crippen molar-refractivity contribution in [1.82, 2.24) is 19.7 Å². The zero-order valence-electron chi connectivity index (χ0n) is 9.92. The molecule has 0 aromatic carbocycles. The summed E-state index contributed by atoms with van der Waals surface area (Å²) in [7, 11) is -3.56. The van der Waals surface area contributed by atoms with Crippen LogP contribution in [0.4, 0.5) is 0 Å². The summed E-state index contributed by atoms with van der Waals surface area (Å²) >= 11 is 0. The molecule has 0 spiro atoms. The number of pyridine rings is 1. The Kier molecular flexibility index (Phi) is 3.73. The molecule has 2 N–H and O–H groups in total. The summed E-state index contributed by atoms with van der Waals surface area (Å²) in [6.07, 6.45) is 3.60. The molecule has 0 aliphatic carbocycles. The smallest absolute Gasteiger partial charge is 0.257 e. The highest BCUT2D eigenvalue weighted by molar-refractivity contribution is 7.89. The fourth-order valence-electron chi connectivity index (χ4n) is 1.41. The molecule has 0 aliphatic rings. The van der Waals surface area contributed by atoms with Crippen LogP contribution in [0.15, 0.2) is 35.6 Å². The highest BCUT2D eigenvalue weighted by Crippen LogP contribution is 2.06. The van der Waals surface area contributed by atoms with E-state index in [0.717, 1.165) is 0 Å². The number of hydrogen-bond acceptors (Lipinski definition) is 4. The van der Waals surface area contributed by atoms with Gasteiger partial charge >= 0.3 is 0 Å². The van der Waals surface area contributed by atoms with E-state index in [1.54, 1.807) is 18.3 Å². The fourth-order valence-corrected chi connectivity index (χ4v) is 2.35. The number of nitrogens with zero attached hydrogens (tertiary/aromatic N) is 2. The molecule has 0 unspecified atom stereocenters. The third-order valence-corrected chi connectivity index (χ3v) is 3.71. The predicted octanol–water partition coefficient (Wildman–Crippen LogP) is 0.846. The molecule has 0 saturated heterocycles. The quantitative estimate of drug-likeness (QED) is 0.839. The van der Waals surface area contributed by atoms with E-state index in [2.05, 4.69) is 19.7 Å². The van der Waals surface area contributed by atoms with Crippen LogP contribution in [0, 0.1) is 0 Å². The Bertz CT molecular complexity index is 607. The summed E-state index contributed by atoms with van der Waals surface area (Å²) in [6, 6.07) is 5.34. The molecular formula is C11H14N4O2S. The maximum absolute atomic E-state index is 11.9. The molecule has 0 saturated carbocycles. The Morgan fingerprint density at radius 1 is 1.33 bits per heavy atom. The molecule has 2 aromatic heterocycles. The maximum Gasteiger partial charge on any atom is 0.257 e. The van der Waals surface area contributed by atoms with Gasteiger partial charge in [-0.3, -0.25) is 4.98 Å². The second kappa shape index (κ2) is 5.28. The lowest BCUT2D eigenvalue weighted by Gasteiger charge is -2.03. The van der Waals surface area contributed by atoms with E-state index < -0.39 is 10.0 Å². The van der Waals surface area contributed by atoms with Gasteiger partial charge < -0.3 is 4.98 Å². The van der Waals surface area contributed by atoms with Crippen molar-refractivity contribution in [2.45, 2.75) is 24.9 Å². The van der Waals surface area contributed by atoms with Crippen molar-refractivity contribution in [3.63, 3.8) is 0 Å². The fraction of sp³-hybridized carbons (Fsp3) is 0.273. The second-order valence-electron chi connectivity index (χ2n) is 3.69. The highest BCUT2D eigenvalue weighted by Gasteiger charge is 2.16. The van der Waals surface area contributed by atoms with Crippen molar-refractivity contribution in [2.24, 2.45) is 0 Å². The molecule has 2 heterocycles. The van der Waals surface area contributed by atoms with Crippen LogP contribution in [-0.4, -0.2) is 23.4 Å². The summed E-state index contributed by atoms with van der Waals surface area (Å²) < 4.78 is 26.3. The summed E-state index contributed by atoms with van der Waals surface area (Å²) in [4.78, 5) is 10.8. The van der Waals surface area contributed by atoms with E-state index in [0.29, 0.717) is 17.9 Å². The topological polar surface area (TPSA) is 87.7 Å². The molecule has 0 fully saturated rings. The van der Waals surface area contributed by atoms with Gasteiger partial charge in [0.15, 0.2) is 5.03 Å². The van der Waals surface area contributed by atoms with Crippen LogP contribution >= 0.6 is 0 Å². The molecule has 7 heteroatoms. The normalized spacial score (nSPS) is 11.6. The summed E-state index contributed by atoms with van der Waals surface area (Å²) in [5.41, 5.74) is 0.663. The van der Waals surface area contributed by atoms with Gasteiger partial charge in [0.2, 0.25) is 0 Å². The van der Waals surface area contributed by atoms with Crippen LogP contribution < -0.4 is 4.72 Å². The Balaban J connectivity index is 2.08. The minimum atomic E-state index is -3.56. The standard InChI is InChI=1S/C11H14N4O2S/c1-2-10-13-8-11(15-10)18(16,17)14-7-9-5-3-4-6-12-9/h3-6,8,14H,2,7H2,1H3,(H,13,15). The third-order valence-electron chi connectivity index (χ3n) is 2.40. The lowest BCUT2D eigenvalue weighted by Crippen LogP contribution is -2.24. The largest absolute Gasteiger partial charge is 0.332 e. The van der Waals surface area contributed by atoms with E-state index in [9.17, 15) is 8.42 Å². The molecule has 96 valence electrons. The zero-order valence-corrected chi connectivity index (χ0v) is 10.7. The van der Waals surface area contributed by atoms with Gasteiger partial charge in [-0.05, 0) is 12.1 Å². The molecular weight excluding hydrogens is 252 g/mol. The number of H-pyrrole nitrogens is 1. The van der Waals surface area contributed by atoms with Crippen LogP contribution in [0.5, 0.6) is 0 Å². The Hall–Kier alpha value is -1.73. The van der Waals surface area contributed by atoms with Gasteiger partial charge in [-0.2, -0.15) is 0 Å². The number of sulfonamides is 1. The average Bonchev–Trinajstić information content (AvgIpc) is 2.87. The van der Waals surface area contributed by atoms with Crippen molar-refractivity contribution in [2.75, 3.05) is 0 Å². The van der Waals surface area contributed by atoms with Crippen molar-refractivity contribution in [3.8, 4) is 0 Å². The van der Waals surface area contributed by atoms with Crippen LogP contribution in [0.25, 0.3) is 0 Å². The number of aromatic amines is 1. The first kappa shape index (κ1) is 12.7. The predicted molar refractivity (Wildman–Crippen MR) is 66.2 cm³/mol. The van der Waals surface area contributed by atoms with Crippen LogP contribution in [0.1, 0.15) is 18.4 Å². The van der Waals surface area contributed by atoms with Gasteiger partial charge in [0.25, 0.3) is 10.0 Å². The minimum Gasteiger partial charge on any atom is -0.332 e. The summed E-state index contributed by atoms with van der Waals surface area (Å²) in [6.45, 7) is 2.06.